The number of benzene rings is 3. The van der Waals surface area contributed by atoms with Crippen LogP contribution in [0.15, 0.2) is 82.7 Å². The minimum atomic E-state index is -4.40. The number of hydrogen-bond donors (Lipinski definition) is 0. The third-order valence-corrected chi connectivity index (χ3v) is 9.58. The molecule has 1 heterocycles. The number of thioether (sulfide) groups is 1. The molecule has 0 spiro atoms. The van der Waals surface area contributed by atoms with Gasteiger partial charge in [0.25, 0.3) is 5.56 Å². The second-order valence-corrected chi connectivity index (χ2v) is 12.5. The molecule has 1 aliphatic rings. The van der Waals surface area contributed by atoms with Gasteiger partial charge in [-0.3, -0.25) is 14.2 Å². The van der Waals surface area contributed by atoms with Crippen molar-refractivity contribution < 1.29 is 22.4 Å². The lowest BCUT2D eigenvalue weighted by molar-refractivity contribution is -0.137. The van der Waals surface area contributed by atoms with E-state index in [0.29, 0.717) is 48.1 Å². The summed E-state index contributed by atoms with van der Waals surface area (Å²) in [6.07, 6.45) is -2.19. The Morgan fingerprint density at radius 1 is 0.875 bits per heavy atom. The highest BCUT2D eigenvalue weighted by Crippen LogP contribution is 2.31. The Hall–Kier alpha value is -3.67. The molecule has 0 fully saturated rings. The number of hydrogen-bond acceptors (Lipinski definition) is 5. The van der Waals surface area contributed by atoms with Gasteiger partial charge >= 0.3 is 6.18 Å². The maximum Gasteiger partial charge on any atom is 0.416 e. The van der Waals surface area contributed by atoms with Crippen molar-refractivity contribution in [3.05, 3.63) is 117 Å². The number of alkyl halides is 3. The van der Waals surface area contributed by atoms with E-state index in [1.165, 1.54) is 40.6 Å². The van der Waals surface area contributed by atoms with Gasteiger partial charge in [-0.25, -0.2) is 9.37 Å². The average molecular weight is 703 g/mol. The van der Waals surface area contributed by atoms with Gasteiger partial charge in [0.15, 0.2) is 5.16 Å². The van der Waals surface area contributed by atoms with Gasteiger partial charge in [0.05, 0.1) is 11.3 Å². The van der Waals surface area contributed by atoms with Crippen molar-refractivity contribution in [2.24, 2.45) is 0 Å². The van der Waals surface area contributed by atoms with Gasteiger partial charge in [-0.15, -0.1) is 12.4 Å². The monoisotopic (exact) mass is 702 g/mol. The molecule has 48 heavy (non-hydrogen) atoms. The number of nitrogens with zero attached hydrogens (tertiary/aromatic N) is 4. The molecule has 0 saturated heterocycles. The first-order chi connectivity index (χ1) is 22.5. The van der Waals surface area contributed by atoms with Gasteiger partial charge in [0, 0.05) is 31.0 Å². The molecule has 256 valence electrons. The Bertz CT molecular complexity index is 1730. The summed E-state index contributed by atoms with van der Waals surface area (Å²) in [6, 6.07) is 18.6. The molecule has 0 aliphatic heterocycles. The number of aryl methyl sites for hydroxylation is 1. The number of carbonyl (C=O) groups excluding carboxylic acids is 1. The fourth-order valence-corrected chi connectivity index (χ4v) is 6.66. The molecule has 12 heteroatoms. The summed E-state index contributed by atoms with van der Waals surface area (Å²) >= 11 is 1.36. The van der Waals surface area contributed by atoms with Gasteiger partial charge in [-0.05, 0) is 78.9 Å². The number of halogens is 5. The molecule has 0 atom stereocenters. The predicted octanol–water partition coefficient (Wildman–Crippen LogP) is 7.64. The summed E-state index contributed by atoms with van der Waals surface area (Å²) in [6.45, 7) is 7.05. The number of likely N-dealkylation sites (N-methyl/N-ethyl adjacent to an activating group) is 1. The molecule has 0 radical (unpaired) electrons. The highest BCUT2D eigenvalue weighted by molar-refractivity contribution is 7.98. The Balaban J connectivity index is 0.00000520. The van der Waals surface area contributed by atoms with Crippen molar-refractivity contribution in [1.82, 2.24) is 19.4 Å². The molecule has 0 N–H and O–H groups in total. The summed E-state index contributed by atoms with van der Waals surface area (Å²) in [7, 11) is 0. The van der Waals surface area contributed by atoms with Crippen LogP contribution in [0, 0.1) is 5.82 Å². The zero-order valence-corrected chi connectivity index (χ0v) is 28.6. The van der Waals surface area contributed by atoms with E-state index in [4.69, 9.17) is 4.98 Å². The summed E-state index contributed by atoms with van der Waals surface area (Å²) in [5, 5.41) is 0.470. The third kappa shape index (κ3) is 9.27. The lowest BCUT2D eigenvalue weighted by Crippen LogP contribution is -2.41. The SMILES string of the molecule is CCN(CC)CCN(Cc1ccc(-c2ccc(C(F)(F)F)cc2)cc1)C(=O)Cn1c(SCc2ccc(F)cc2)nc2c(c1=O)CCC2.Cl. The van der Waals surface area contributed by atoms with Crippen molar-refractivity contribution in [2.75, 3.05) is 26.2 Å². The van der Waals surface area contributed by atoms with Gasteiger partial charge in [0.1, 0.15) is 12.4 Å². The van der Waals surface area contributed by atoms with Crippen molar-refractivity contribution in [3.63, 3.8) is 0 Å². The van der Waals surface area contributed by atoms with Gasteiger partial charge in [-0.2, -0.15) is 13.2 Å². The minimum absolute atomic E-state index is 0. The van der Waals surface area contributed by atoms with Crippen LogP contribution in [-0.2, 0) is 42.7 Å². The minimum Gasteiger partial charge on any atom is -0.336 e. The molecule has 1 aliphatic carbocycles. The van der Waals surface area contributed by atoms with E-state index in [0.717, 1.165) is 60.4 Å². The maximum absolute atomic E-state index is 14.0. The number of amides is 1. The van der Waals surface area contributed by atoms with Crippen LogP contribution in [-0.4, -0.2) is 51.4 Å². The third-order valence-electron chi connectivity index (χ3n) is 8.53. The summed E-state index contributed by atoms with van der Waals surface area (Å²) < 4.78 is 54.0. The molecule has 1 aromatic heterocycles. The van der Waals surface area contributed by atoms with Gasteiger partial charge in [-0.1, -0.05) is 74.1 Å². The van der Waals surface area contributed by atoms with Crippen LogP contribution < -0.4 is 5.56 Å². The second-order valence-electron chi connectivity index (χ2n) is 11.6. The van der Waals surface area contributed by atoms with Crippen LogP contribution >= 0.6 is 24.2 Å². The Labute approximate surface area is 288 Å². The van der Waals surface area contributed by atoms with Crippen LogP contribution in [0.2, 0.25) is 0 Å². The van der Waals surface area contributed by atoms with E-state index < -0.39 is 11.7 Å². The summed E-state index contributed by atoms with van der Waals surface area (Å²) in [4.78, 5) is 36.5. The van der Waals surface area contributed by atoms with Crippen LogP contribution in [0.3, 0.4) is 0 Å². The number of fused-ring (bicyclic) bond motifs is 1. The van der Waals surface area contributed by atoms with E-state index in [1.807, 2.05) is 24.3 Å². The quantitative estimate of drug-likeness (QED) is 0.0815. The molecule has 6 nitrogen and oxygen atoms in total. The van der Waals surface area contributed by atoms with Gasteiger partial charge < -0.3 is 9.80 Å². The molecular formula is C36H39ClF4N4O2S. The fourth-order valence-electron chi connectivity index (χ4n) is 5.69. The molecule has 1 amide bonds. The zero-order chi connectivity index (χ0) is 33.6. The van der Waals surface area contributed by atoms with Crippen LogP contribution in [0.1, 0.15) is 48.2 Å². The highest BCUT2D eigenvalue weighted by atomic mass is 35.5. The normalized spacial score (nSPS) is 12.6. The van der Waals surface area contributed by atoms with E-state index in [1.54, 1.807) is 17.0 Å². The first-order valence-corrected chi connectivity index (χ1v) is 16.8. The molecule has 3 aromatic carbocycles. The van der Waals surface area contributed by atoms with Crippen LogP contribution in [0.5, 0.6) is 0 Å². The standard InChI is InChI=1S/C36H38F4N4O2S.ClH/c1-3-42(4-2)20-21-43(22-25-8-12-27(13-9-25)28-14-16-29(17-15-28)36(38,39)40)33(45)23-44-34(46)31-6-5-7-32(31)41-35(44)47-24-26-10-18-30(37)19-11-26;/h8-19H,3-7,20-24H2,1-2H3;1H. The lowest BCUT2D eigenvalue weighted by atomic mass is 10.0. The van der Waals surface area contributed by atoms with E-state index in [9.17, 15) is 27.2 Å². The summed E-state index contributed by atoms with van der Waals surface area (Å²) in [5.41, 5.74) is 3.73. The highest BCUT2D eigenvalue weighted by Gasteiger charge is 2.30. The molecule has 4 aromatic rings. The molecular weight excluding hydrogens is 664 g/mol. The molecule has 0 bridgehead atoms. The average Bonchev–Trinajstić information content (AvgIpc) is 3.55. The zero-order valence-electron chi connectivity index (χ0n) is 26.9. The summed E-state index contributed by atoms with van der Waals surface area (Å²) in [5.74, 6) is -0.0678. The first kappa shape index (κ1) is 37.2. The molecule has 0 saturated carbocycles. The van der Waals surface area contributed by atoms with Crippen LogP contribution in [0.4, 0.5) is 17.6 Å². The second kappa shape index (κ2) is 16.6. The first-order valence-electron chi connectivity index (χ1n) is 15.8. The topological polar surface area (TPSA) is 58.4 Å². The Morgan fingerprint density at radius 3 is 2.08 bits per heavy atom. The largest absolute Gasteiger partial charge is 0.416 e. The van der Waals surface area contributed by atoms with Crippen molar-refractivity contribution in [2.45, 2.75) is 63.3 Å². The number of aromatic nitrogens is 2. The van der Waals surface area contributed by atoms with E-state index in [2.05, 4.69) is 18.7 Å². The van der Waals surface area contributed by atoms with Crippen LogP contribution in [0.25, 0.3) is 11.1 Å². The van der Waals surface area contributed by atoms with E-state index >= 15 is 0 Å². The van der Waals surface area contributed by atoms with Crippen molar-refractivity contribution in [1.29, 1.82) is 0 Å². The van der Waals surface area contributed by atoms with Crippen molar-refractivity contribution in [3.8, 4) is 11.1 Å². The maximum atomic E-state index is 14.0. The van der Waals surface area contributed by atoms with Crippen molar-refractivity contribution >= 4 is 30.1 Å². The Kier molecular flexibility index (Phi) is 12.9. The number of rotatable bonds is 13. The van der Waals surface area contributed by atoms with E-state index in [-0.39, 0.29) is 36.2 Å². The Morgan fingerprint density at radius 2 is 1.48 bits per heavy atom. The number of carbonyl (C=O) groups is 1. The lowest BCUT2D eigenvalue weighted by Gasteiger charge is -2.27. The smallest absolute Gasteiger partial charge is 0.336 e. The van der Waals surface area contributed by atoms with Gasteiger partial charge in [0.2, 0.25) is 5.91 Å². The fraction of sp³-hybridized carbons (Fsp3) is 0.361. The molecule has 0 unspecified atom stereocenters. The molecule has 5 rings (SSSR count). The predicted molar refractivity (Wildman–Crippen MR) is 184 cm³/mol.